The van der Waals surface area contributed by atoms with Crippen LogP contribution in [-0.2, 0) is 6.42 Å². The first kappa shape index (κ1) is 14.9. The number of benzene rings is 1. The van der Waals surface area contributed by atoms with Crippen LogP contribution in [0.1, 0.15) is 11.6 Å². The van der Waals surface area contributed by atoms with Crippen molar-refractivity contribution in [1.29, 1.82) is 5.26 Å². The summed E-state index contributed by atoms with van der Waals surface area (Å²) in [6.45, 7) is 0.496. The van der Waals surface area contributed by atoms with Gasteiger partial charge in [-0.15, -0.1) is 0 Å². The van der Waals surface area contributed by atoms with Gasteiger partial charge in [-0.2, -0.15) is 10.2 Å². The van der Waals surface area contributed by atoms with Crippen LogP contribution < -0.4 is 5.32 Å². The van der Waals surface area contributed by atoms with Crippen LogP contribution in [0.25, 0.3) is 11.4 Å². The first-order valence-electron chi connectivity index (χ1n) is 6.80. The standard InChI is InChI=1S/C15H11ClN6O/c16-11-3-1-10(2-4-11)14-21-13(23-22-14)5-6-19-15-12(9-17)18-7-8-20-15/h1-4,7-8H,5-6H2,(H,19,20). The van der Waals surface area contributed by atoms with Gasteiger partial charge >= 0.3 is 0 Å². The summed E-state index contributed by atoms with van der Waals surface area (Å²) in [5.74, 6) is 1.44. The summed E-state index contributed by atoms with van der Waals surface area (Å²) < 4.78 is 5.21. The monoisotopic (exact) mass is 326 g/mol. The third-order valence-corrected chi connectivity index (χ3v) is 3.26. The summed E-state index contributed by atoms with van der Waals surface area (Å²) in [4.78, 5) is 12.3. The number of nitrogens with one attached hydrogen (secondary N) is 1. The third-order valence-electron chi connectivity index (χ3n) is 3.01. The maximum atomic E-state index is 8.94. The molecule has 0 saturated heterocycles. The van der Waals surface area contributed by atoms with E-state index in [1.165, 1.54) is 12.4 Å². The van der Waals surface area contributed by atoms with Gasteiger partial charge in [-0.05, 0) is 24.3 Å². The predicted octanol–water partition coefficient (Wildman–Crippen LogP) is 2.71. The lowest BCUT2D eigenvalue weighted by Gasteiger charge is -2.03. The lowest BCUT2D eigenvalue weighted by Crippen LogP contribution is -2.08. The molecule has 23 heavy (non-hydrogen) atoms. The van der Waals surface area contributed by atoms with Gasteiger partial charge in [0.1, 0.15) is 6.07 Å². The summed E-state index contributed by atoms with van der Waals surface area (Å²) in [6.07, 6.45) is 3.50. The minimum Gasteiger partial charge on any atom is -0.367 e. The van der Waals surface area contributed by atoms with Crippen molar-refractivity contribution in [2.45, 2.75) is 6.42 Å². The molecule has 0 spiro atoms. The van der Waals surface area contributed by atoms with E-state index in [-0.39, 0.29) is 5.69 Å². The number of halogens is 1. The van der Waals surface area contributed by atoms with E-state index in [1.54, 1.807) is 12.1 Å². The van der Waals surface area contributed by atoms with E-state index in [9.17, 15) is 0 Å². The Morgan fingerprint density at radius 1 is 1.17 bits per heavy atom. The molecule has 0 amide bonds. The lowest BCUT2D eigenvalue weighted by atomic mass is 10.2. The molecule has 0 aliphatic carbocycles. The Kier molecular flexibility index (Phi) is 4.45. The molecule has 0 saturated carbocycles. The van der Waals surface area contributed by atoms with E-state index in [0.717, 1.165) is 5.56 Å². The fourth-order valence-electron chi connectivity index (χ4n) is 1.91. The molecule has 2 aromatic heterocycles. The van der Waals surface area contributed by atoms with E-state index in [2.05, 4.69) is 25.4 Å². The number of hydrogen-bond acceptors (Lipinski definition) is 7. The number of hydrogen-bond donors (Lipinski definition) is 1. The highest BCUT2D eigenvalue weighted by atomic mass is 35.5. The normalized spacial score (nSPS) is 10.3. The van der Waals surface area contributed by atoms with Crippen molar-refractivity contribution in [3.63, 3.8) is 0 Å². The molecule has 0 unspecified atom stereocenters. The molecular formula is C15H11ClN6O. The van der Waals surface area contributed by atoms with Crippen LogP contribution in [0.4, 0.5) is 5.82 Å². The van der Waals surface area contributed by atoms with Crippen LogP contribution in [0.5, 0.6) is 0 Å². The average molecular weight is 327 g/mol. The Morgan fingerprint density at radius 2 is 1.96 bits per heavy atom. The zero-order valence-corrected chi connectivity index (χ0v) is 12.7. The van der Waals surface area contributed by atoms with Gasteiger partial charge < -0.3 is 9.84 Å². The predicted molar refractivity (Wildman–Crippen MR) is 83.7 cm³/mol. The summed E-state index contributed by atoms with van der Waals surface area (Å²) >= 11 is 5.85. The van der Waals surface area contributed by atoms with Gasteiger partial charge in [0.15, 0.2) is 11.5 Å². The van der Waals surface area contributed by atoms with Crippen LogP contribution >= 0.6 is 11.6 Å². The van der Waals surface area contributed by atoms with Crippen LogP contribution in [0.15, 0.2) is 41.2 Å². The van der Waals surface area contributed by atoms with Crippen molar-refractivity contribution >= 4 is 17.4 Å². The molecule has 7 nitrogen and oxygen atoms in total. The second-order valence-corrected chi connectivity index (χ2v) is 5.00. The molecule has 114 valence electrons. The van der Waals surface area contributed by atoms with Crippen LogP contribution in [0.2, 0.25) is 5.02 Å². The molecule has 8 heteroatoms. The Morgan fingerprint density at radius 3 is 2.74 bits per heavy atom. The lowest BCUT2D eigenvalue weighted by molar-refractivity contribution is 0.381. The van der Waals surface area contributed by atoms with E-state index in [0.29, 0.717) is 35.5 Å². The van der Waals surface area contributed by atoms with Crippen molar-refractivity contribution in [1.82, 2.24) is 20.1 Å². The average Bonchev–Trinajstić information content (AvgIpc) is 3.05. The molecule has 1 N–H and O–H groups in total. The van der Waals surface area contributed by atoms with Crippen molar-refractivity contribution in [2.75, 3.05) is 11.9 Å². The van der Waals surface area contributed by atoms with Gasteiger partial charge in [0.25, 0.3) is 0 Å². The number of aromatic nitrogens is 4. The van der Waals surface area contributed by atoms with Crippen LogP contribution in [0.3, 0.4) is 0 Å². The number of anilines is 1. The van der Waals surface area contributed by atoms with Gasteiger partial charge in [-0.1, -0.05) is 16.8 Å². The Hall–Kier alpha value is -2.98. The highest BCUT2D eigenvalue weighted by Crippen LogP contribution is 2.18. The van der Waals surface area contributed by atoms with Crippen LogP contribution in [0, 0.1) is 11.3 Å². The summed E-state index contributed by atoms with van der Waals surface area (Å²) in [6, 6.07) is 9.17. The second-order valence-electron chi connectivity index (χ2n) is 4.56. The molecule has 0 aliphatic heterocycles. The fourth-order valence-corrected chi connectivity index (χ4v) is 2.04. The number of nitriles is 1. The molecule has 0 atom stereocenters. The minimum atomic E-state index is 0.250. The van der Waals surface area contributed by atoms with E-state index < -0.39 is 0 Å². The van der Waals surface area contributed by atoms with Gasteiger partial charge in [0.05, 0.1) is 0 Å². The molecule has 0 aliphatic rings. The zero-order valence-electron chi connectivity index (χ0n) is 11.9. The molecule has 3 rings (SSSR count). The van der Waals surface area contributed by atoms with Crippen molar-refractivity contribution in [3.05, 3.63) is 53.3 Å². The summed E-state index contributed by atoms with van der Waals surface area (Å²) in [5.41, 5.74) is 1.08. The van der Waals surface area contributed by atoms with Gasteiger partial charge in [0, 0.05) is 35.9 Å². The minimum absolute atomic E-state index is 0.250. The Bertz CT molecular complexity index is 840. The molecule has 0 bridgehead atoms. The van der Waals surface area contributed by atoms with Gasteiger partial charge in [-0.25, -0.2) is 9.97 Å². The summed E-state index contributed by atoms with van der Waals surface area (Å²) in [5, 5.41) is 16.6. The molecule has 0 fully saturated rings. The van der Waals surface area contributed by atoms with Gasteiger partial charge in [0.2, 0.25) is 11.7 Å². The van der Waals surface area contributed by atoms with Crippen LogP contribution in [-0.4, -0.2) is 26.7 Å². The molecule has 3 aromatic rings. The Balaban J connectivity index is 1.61. The molecule has 2 heterocycles. The first-order chi connectivity index (χ1) is 11.3. The highest BCUT2D eigenvalue weighted by molar-refractivity contribution is 6.30. The van der Waals surface area contributed by atoms with E-state index in [1.807, 2.05) is 18.2 Å². The molecule has 0 radical (unpaired) electrons. The third kappa shape index (κ3) is 3.62. The number of rotatable bonds is 5. The van der Waals surface area contributed by atoms with Crippen molar-refractivity contribution in [2.24, 2.45) is 0 Å². The maximum absolute atomic E-state index is 8.94. The summed E-state index contributed by atoms with van der Waals surface area (Å²) in [7, 11) is 0. The van der Waals surface area contributed by atoms with Gasteiger partial charge in [-0.3, -0.25) is 0 Å². The highest BCUT2D eigenvalue weighted by Gasteiger charge is 2.09. The topological polar surface area (TPSA) is 101 Å². The smallest absolute Gasteiger partial charge is 0.228 e. The van der Waals surface area contributed by atoms with Crippen molar-refractivity contribution < 1.29 is 4.52 Å². The SMILES string of the molecule is N#Cc1nccnc1NCCc1nc(-c2ccc(Cl)cc2)no1. The largest absolute Gasteiger partial charge is 0.367 e. The van der Waals surface area contributed by atoms with Crippen molar-refractivity contribution in [3.8, 4) is 17.5 Å². The Labute approximate surface area is 137 Å². The van der Waals surface area contributed by atoms with E-state index in [4.69, 9.17) is 21.4 Å². The second kappa shape index (κ2) is 6.85. The molecule has 1 aromatic carbocycles. The molecular weight excluding hydrogens is 316 g/mol. The zero-order chi connectivity index (χ0) is 16.1. The van der Waals surface area contributed by atoms with E-state index >= 15 is 0 Å². The first-order valence-corrected chi connectivity index (χ1v) is 7.17. The quantitative estimate of drug-likeness (QED) is 0.769. The fraction of sp³-hybridized carbons (Fsp3) is 0.133. The maximum Gasteiger partial charge on any atom is 0.228 e. The number of nitrogens with zero attached hydrogens (tertiary/aromatic N) is 5.